The Hall–Kier alpha value is -1.68. The molecule has 1 aromatic carbocycles. The Labute approximate surface area is 112 Å². The van der Waals surface area contributed by atoms with E-state index in [4.69, 9.17) is 0 Å². The minimum Gasteiger partial charge on any atom is -0.389 e. The first-order valence-corrected chi connectivity index (χ1v) is 6.49. The van der Waals surface area contributed by atoms with Crippen LogP contribution in [-0.2, 0) is 6.42 Å². The second kappa shape index (κ2) is 5.13. The van der Waals surface area contributed by atoms with Gasteiger partial charge in [-0.3, -0.25) is 0 Å². The molecule has 0 spiro atoms. The van der Waals surface area contributed by atoms with E-state index in [1.807, 2.05) is 13.8 Å². The Bertz CT molecular complexity index is 602. The number of aliphatic hydroxyl groups excluding tert-OH is 1. The van der Waals surface area contributed by atoms with Crippen molar-refractivity contribution in [3.05, 3.63) is 46.5 Å². The second-order valence-electron chi connectivity index (χ2n) is 4.76. The van der Waals surface area contributed by atoms with Crippen molar-refractivity contribution in [2.75, 3.05) is 0 Å². The SMILES string of the molecule is CCc1c(C)nn(-c2cccc(F)c2[C@H](C)O)c1C. The summed E-state index contributed by atoms with van der Waals surface area (Å²) >= 11 is 0. The van der Waals surface area contributed by atoms with E-state index in [0.29, 0.717) is 5.69 Å². The van der Waals surface area contributed by atoms with Crippen molar-refractivity contribution in [2.24, 2.45) is 0 Å². The van der Waals surface area contributed by atoms with E-state index in [2.05, 4.69) is 12.0 Å². The molecule has 2 rings (SSSR count). The molecule has 102 valence electrons. The van der Waals surface area contributed by atoms with Gasteiger partial charge in [-0.1, -0.05) is 13.0 Å². The van der Waals surface area contributed by atoms with Crippen LogP contribution in [0.15, 0.2) is 18.2 Å². The number of aromatic nitrogens is 2. The lowest BCUT2D eigenvalue weighted by Gasteiger charge is -2.14. The van der Waals surface area contributed by atoms with Crippen LogP contribution < -0.4 is 0 Å². The highest BCUT2D eigenvalue weighted by molar-refractivity contribution is 5.45. The van der Waals surface area contributed by atoms with Crippen LogP contribution in [0.4, 0.5) is 4.39 Å². The molecule has 0 radical (unpaired) electrons. The summed E-state index contributed by atoms with van der Waals surface area (Å²) in [6, 6.07) is 4.78. The van der Waals surface area contributed by atoms with Gasteiger partial charge >= 0.3 is 0 Å². The van der Waals surface area contributed by atoms with Gasteiger partial charge in [-0.15, -0.1) is 0 Å². The van der Waals surface area contributed by atoms with Gasteiger partial charge in [0, 0.05) is 11.3 Å². The molecule has 2 aromatic rings. The summed E-state index contributed by atoms with van der Waals surface area (Å²) in [4.78, 5) is 0. The molecule has 19 heavy (non-hydrogen) atoms. The molecule has 0 aliphatic heterocycles. The van der Waals surface area contributed by atoms with Gasteiger partial charge in [0.1, 0.15) is 5.82 Å². The molecule has 1 atom stereocenters. The average molecular weight is 262 g/mol. The highest BCUT2D eigenvalue weighted by Crippen LogP contribution is 2.27. The quantitative estimate of drug-likeness (QED) is 0.922. The molecule has 1 heterocycles. The van der Waals surface area contributed by atoms with E-state index in [1.165, 1.54) is 11.6 Å². The van der Waals surface area contributed by atoms with E-state index in [-0.39, 0.29) is 5.56 Å². The van der Waals surface area contributed by atoms with Crippen LogP contribution in [0.5, 0.6) is 0 Å². The van der Waals surface area contributed by atoms with Gasteiger partial charge in [0.15, 0.2) is 0 Å². The zero-order valence-electron chi connectivity index (χ0n) is 11.7. The summed E-state index contributed by atoms with van der Waals surface area (Å²) in [5.74, 6) is -0.405. The predicted octanol–water partition coefficient (Wildman–Crippen LogP) is 3.24. The Kier molecular flexibility index (Phi) is 3.71. The summed E-state index contributed by atoms with van der Waals surface area (Å²) in [6.07, 6.45) is 0.0157. The molecule has 0 aliphatic carbocycles. The molecule has 0 bridgehead atoms. The summed E-state index contributed by atoms with van der Waals surface area (Å²) in [6.45, 7) is 7.55. The van der Waals surface area contributed by atoms with Gasteiger partial charge in [-0.2, -0.15) is 5.10 Å². The van der Waals surface area contributed by atoms with Gasteiger partial charge in [-0.05, 0) is 44.9 Å². The van der Waals surface area contributed by atoms with E-state index in [9.17, 15) is 9.50 Å². The molecule has 0 saturated heterocycles. The molecule has 0 amide bonds. The number of nitrogens with zero attached hydrogens (tertiary/aromatic N) is 2. The topological polar surface area (TPSA) is 38.0 Å². The lowest BCUT2D eigenvalue weighted by atomic mass is 10.1. The number of halogens is 1. The highest BCUT2D eigenvalue weighted by atomic mass is 19.1. The van der Waals surface area contributed by atoms with Crippen LogP contribution in [0.25, 0.3) is 5.69 Å². The smallest absolute Gasteiger partial charge is 0.131 e. The predicted molar refractivity (Wildman–Crippen MR) is 73.0 cm³/mol. The molecule has 0 aliphatic rings. The third-order valence-corrected chi connectivity index (χ3v) is 3.47. The summed E-state index contributed by atoms with van der Waals surface area (Å²) in [5.41, 5.74) is 4.00. The van der Waals surface area contributed by atoms with Crippen LogP contribution in [-0.4, -0.2) is 14.9 Å². The van der Waals surface area contributed by atoms with Gasteiger partial charge in [0.2, 0.25) is 0 Å². The molecular weight excluding hydrogens is 243 g/mol. The van der Waals surface area contributed by atoms with E-state index < -0.39 is 11.9 Å². The van der Waals surface area contributed by atoms with Crippen molar-refractivity contribution in [3.8, 4) is 5.69 Å². The third-order valence-electron chi connectivity index (χ3n) is 3.47. The lowest BCUT2D eigenvalue weighted by Crippen LogP contribution is -2.08. The summed E-state index contributed by atoms with van der Waals surface area (Å²) in [7, 11) is 0. The minimum absolute atomic E-state index is 0.288. The first-order valence-electron chi connectivity index (χ1n) is 6.49. The zero-order valence-corrected chi connectivity index (χ0v) is 11.7. The maximum atomic E-state index is 13.9. The summed E-state index contributed by atoms with van der Waals surface area (Å²) < 4.78 is 15.6. The molecule has 1 aromatic heterocycles. The molecular formula is C15H19FN2O. The van der Waals surface area contributed by atoms with Crippen molar-refractivity contribution in [1.29, 1.82) is 0 Å². The van der Waals surface area contributed by atoms with E-state index in [0.717, 1.165) is 17.8 Å². The van der Waals surface area contributed by atoms with Gasteiger partial charge in [0.25, 0.3) is 0 Å². The molecule has 0 unspecified atom stereocenters. The van der Waals surface area contributed by atoms with Gasteiger partial charge in [-0.25, -0.2) is 9.07 Å². The number of aryl methyl sites for hydroxylation is 1. The first-order chi connectivity index (χ1) is 8.97. The molecule has 3 nitrogen and oxygen atoms in total. The largest absolute Gasteiger partial charge is 0.389 e. The minimum atomic E-state index is -0.870. The molecule has 0 saturated carbocycles. The van der Waals surface area contributed by atoms with Crippen LogP contribution in [0.1, 0.15) is 42.5 Å². The monoisotopic (exact) mass is 262 g/mol. The lowest BCUT2D eigenvalue weighted by molar-refractivity contribution is 0.193. The van der Waals surface area contributed by atoms with Gasteiger partial charge in [0.05, 0.1) is 17.5 Å². The van der Waals surface area contributed by atoms with E-state index >= 15 is 0 Å². The number of hydrogen-bond acceptors (Lipinski definition) is 2. The number of rotatable bonds is 3. The first kappa shape index (κ1) is 13.7. The van der Waals surface area contributed by atoms with E-state index in [1.54, 1.807) is 23.7 Å². The standard InChI is InChI=1S/C15H19FN2O/c1-5-12-9(2)17-18(10(12)3)14-8-6-7-13(16)15(14)11(4)19/h6-8,11,19H,5H2,1-4H3/t11-/m0/s1. The Morgan fingerprint density at radius 1 is 1.37 bits per heavy atom. The maximum Gasteiger partial charge on any atom is 0.131 e. The van der Waals surface area contributed by atoms with Crippen molar-refractivity contribution in [3.63, 3.8) is 0 Å². The highest BCUT2D eigenvalue weighted by Gasteiger charge is 2.18. The van der Waals surface area contributed by atoms with Gasteiger partial charge < -0.3 is 5.11 Å². The fourth-order valence-corrected chi connectivity index (χ4v) is 2.55. The van der Waals surface area contributed by atoms with Crippen molar-refractivity contribution >= 4 is 0 Å². The second-order valence-corrected chi connectivity index (χ2v) is 4.76. The van der Waals surface area contributed by atoms with Crippen LogP contribution in [0.3, 0.4) is 0 Å². The fraction of sp³-hybridized carbons (Fsp3) is 0.400. The number of benzene rings is 1. The molecule has 4 heteroatoms. The van der Waals surface area contributed by atoms with Crippen molar-refractivity contribution in [1.82, 2.24) is 9.78 Å². The van der Waals surface area contributed by atoms with Crippen LogP contribution >= 0.6 is 0 Å². The summed E-state index contributed by atoms with van der Waals surface area (Å²) in [5, 5.41) is 14.3. The normalized spacial score (nSPS) is 12.7. The third kappa shape index (κ3) is 2.28. The van der Waals surface area contributed by atoms with Crippen molar-refractivity contribution < 1.29 is 9.50 Å². The average Bonchev–Trinajstić information content (AvgIpc) is 2.63. The Morgan fingerprint density at radius 2 is 2.05 bits per heavy atom. The number of aliphatic hydroxyl groups is 1. The number of hydrogen-bond donors (Lipinski definition) is 1. The Morgan fingerprint density at radius 3 is 2.58 bits per heavy atom. The van der Waals surface area contributed by atoms with Crippen LogP contribution in [0.2, 0.25) is 0 Å². The zero-order chi connectivity index (χ0) is 14.2. The fourth-order valence-electron chi connectivity index (χ4n) is 2.55. The molecule has 0 fully saturated rings. The Balaban J connectivity index is 2.69. The molecule has 1 N–H and O–H groups in total. The maximum absolute atomic E-state index is 13.9. The van der Waals surface area contributed by atoms with Crippen molar-refractivity contribution in [2.45, 2.75) is 40.2 Å². The van der Waals surface area contributed by atoms with Crippen LogP contribution in [0, 0.1) is 19.7 Å².